The van der Waals surface area contributed by atoms with Crippen LogP contribution in [0.25, 0.3) is 0 Å². The highest BCUT2D eigenvalue weighted by Gasteiger charge is 2.14. The van der Waals surface area contributed by atoms with Gasteiger partial charge in [-0.25, -0.2) is 8.42 Å². The third kappa shape index (κ3) is 2.87. The molecule has 0 spiro atoms. The van der Waals surface area contributed by atoms with Crippen molar-refractivity contribution in [1.29, 1.82) is 0 Å². The van der Waals surface area contributed by atoms with E-state index in [2.05, 4.69) is 9.71 Å². The second-order valence-electron chi connectivity index (χ2n) is 4.17. The zero-order valence-electron chi connectivity index (χ0n) is 10.2. The Kier molecular flexibility index (Phi) is 3.34. The highest BCUT2D eigenvalue weighted by atomic mass is 32.2. The molecule has 0 aliphatic heterocycles. The van der Waals surface area contributed by atoms with Crippen LogP contribution in [0.5, 0.6) is 0 Å². The Morgan fingerprint density at radius 3 is 2.33 bits per heavy atom. The van der Waals surface area contributed by atoms with Gasteiger partial charge in [0.05, 0.1) is 0 Å². The number of rotatable bonds is 3. The summed E-state index contributed by atoms with van der Waals surface area (Å²) in [6, 6.07) is 8.68. The fourth-order valence-electron chi connectivity index (χ4n) is 1.75. The fraction of sp³-hybridized carbons (Fsp3) is 0.154. The summed E-state index contributed by atoms with van der Waals surface area (Å²) >= 11 is 0. The lowest BCUT2D eigenvalue weighted by Crippen LogP contribution is -2.13. The Morgan fingerprint density at radius 1 is 1.11 bits per heavy atom. The molecule has 2 rings (SSSR count). The van der Waals surface area contributed by atoms with Gasteiger partial charge in [-0.15, -0.1) is 0 Å². The third-order valence-electron chi connectivity index (χ3n) is 2.42. The summed E-state index contributed by atoms with van der Waals surface area (Å²) in [6.45, 7) is 3.85. The van der Waals surface area contributed by atoms with E-state index in [4.69, 9.17) is 0 Å². The Balaban J connectivity index is 2.34. The number of nitrogens with zero attached hydrogens (tertiary/aromatic N) is 1. The molecular weight excluding hydrogens is 248 g/mol. The van der Waals surface area contributed by atoms with Crippen LogP contribution >= 0.6 is 0 Å². The first kappa shape index (κ1) is 12.6. The predicted molar refractivity (Wildman–Crippen MR) is 71.0 cm³/mol. The molecule has 0 saturated heterocycles. The van der Waals surface area contributed by atoms with Gasteiger partial charge >= 0.3 is 0 Å². The van der Waals surface area contributed by atoms with Gasteiger partial charge in [-0.05, 0) is 49.2 Å². The van der Waals surface area contributed by atoms with Gasteiger partial charge in [-0.1, -0.05) is 6.07 Å². The predicted octanol–water partition coefficient (Wildman–Crippen LogP) is 2.50. The lowest BCUT2D eigenvalue weighted by atomic mass is 10.1. The minimum absolute atomic E-state index is 0.157. The number of benzene rings is 1. The van der Waals surface area contributed by atoms with E-state index >= 15 is 0 Å². The number of anilines is 1. The number of nitrogens with one attached hydrogen (secondary N) is 1. The van der Waals surface area contributed by atoms with E-state index in [-0.39, 0.29) is 4.90 Å². The average Bonchev–Trinajstić information content (AvgIpc) is 2.28. The summed E-state index contributed by atoms with van der Waals surface area (Å²) in [5, 5.41) is 0. The van der Waals surface area contributed by atoms with Crippen LogP contribution in [0.4, 0.5) is 5.69 Å². The fourth-order valence-corrected chi connectivity index (χ4v) is 2.76. The largest absolute Gasteiger partial charge is 0.280 e. The van der Waals surface area contributed by atoms with Crippen LogP contribution in [0, 0.1) is 13.8 Å². The van der Waals surface area contributed by atoms with E-state index in [9.17, 15) is 8.42 Å². The number of sulfonamides is 1. The second kappa shape index (κ2) is 4.78. The molecule has 0 fully saturated rings. The number of hydrogen-bond acceptors (Lipinski definition) is 3. The first-order valence-electron chi connectivity index (χ1n) is 5.48. The summed E-state index contributed by atoms with van der Waals surface area (Å²) in [7, 11) is -3.56. The molecule has 0 aliphatic rings. The first-order chi connectivity index (χ1) is 8.47. The molecule has 0 bridgehead atoms. The van der Waals surface area contributed by atoms with Crippen LogP contribution in [-0.2, 0) is 10.0 Å². The van der Waals surface area contributed by atoms with E-state index in [1.54, 1.807) is 18.2 Å². The van der Waals surface area contributed by atoms with Crippen LogP contribution in [0.3, 0.4) is 0 Å². The van der Waals surface area contributed by atoms with Gasteiger partial charge in [0.2, 0.25) is 0 Å². The molecule has 94 valence electrons. The van der Waals surface area contributed by atoms with Crippen molar-refractivity contribution in [3.63, 3.8) is 0 Å². The zero-order valence-corrected chi connectivity index (χ0v) is 11.0. The zero-order chi connectivity index (χ0) is 13.2. The molecule has 0 unspecified atom stereocenters. The van der Waals surface area contributed by atoms with Crippen molar-refractivity contribution in [2.75, 3.05) is 4.72 Å². The third-order valence-corrected chi connectivity index (χ3v) is 3.79. The van der Waals surface area contributed by atoms with Crippen molar-refractivity contribution < 1.29 is 8.42 Å². The van der Waals surface area contributed by atoms with Crippen LogP contribution in [0.2, 0.25) is 0 Å². The lowest BCUT2D eigenvalue weighted by molar-refractivity contribution is 0.601. The van der Waals surface area contributed by atoms with Gasteiger partial charge in [0.15, 0.2) is 0 Å². The summed E-state index contributed by atoms with van der Waals surface area (Å²) < 4.78 is 26.7. The van der Waals surface area contributed by atoms with Gasteiger partial charge in [-0.2, -0.15) is 0 Å². The monoisotopic (exact) mass is 262 g/mol. The van der Waals surface area contributed by atoms with E-state index in [1.165, 1.54) is 18.5 Å². The molecule has 0 saturated carbocycles. The molecule has 0 amide bonds. The normalized spacial score (nSPS) is 11.2. The Labute approximate surface area is 107 Å². The van der Waals surface area contributed by atoms with Crippen LogP contribution in [0.1, 0.15) is 11.1 Å². The molecule has 0 atom stereocenters. The van der Waals surface area contributed by atoms with Crippen LogP contribution in [0.15, 0.2) is 47.6 Å². The number of aryl methyl sites for hydroxylation is 2. The molecule has 2 aromatic rings. The number of hydrogen-bond donors (Lipinski definition) is 1. The lowest BCUT2D eigenvalue weighted by Gasteiger charge is -2.09. The van der Waals surface area contributed by atoms with Crippen molar-refractivity contribution in [2.45, 2.75) is 18.7 Å². The van der Waals surface area contributed by atoms with Gasteiger partial charge in [0, 0.05) is 18.1 Å². The molecule has 1 heterocycles. The number of pyridine rings is 1. The highest BCUT2D eigenvalue weighted by Crippen LogP contribution is 2.18. The summed E-state index contributed by atoms with van der Waals surface area (Å²) in [5.41, 5.74) is 2.59. The summed E-state index contributed by atoms with van der Waals surface area (Å²) in [4.78, 5) is 3.97. The molecule has 1 aromatic heterocycles. The van der Waals surface area contributed by atoms with Gasteiger partial charge < -0.3 is 0 Å². The second-order valence-corrected chi connectivity index (χ2v) is 5.85. The first-order valence-corrected chi connectivity index (χ1v) is 6.97. The van der Waals surface area contributed by atoms with Crippen LogP contribution < -0.4 is 4.72 Å². The maximum atomic E-state index is 12.1. The SMILES string of the molecule is Cc1cc(C)cc(NS(=O)(=O)c2cccnc2)c1. The summed E-state index contributed by atoms with van der Waals surface area (Å²) in [5.74, 6) is 0. The van der Waals surface area contributed by atoms with E-state index in [1.807, 2.05) is 19.9 Å². The maximum Gasteiger partial charge on any atom is 0.263 e. The molecular formula is C13H14N2O2S. The van der Waals surface area contributed by atoms with Crippen LogP contribution in [-0.4, -0.2) is 13.4 Å². The summed E-state index contributed by atoms with van der Waals surface area (Å²) in [6.07, 6.45) is 2.86. The molecule has 1 aromatic carbocycles. The van der Waals surface area contributed by atoms with Gasteiger partial charge in [0.1, 0.15) is 4.90 Å². The molecule has 4 nitrogen and oxygen atoms in total. The molecule has 1 N–H and O–H groups in total. The van der Waals surface area contributed by atoms with E-state index < -0.39 is 10.0 Å². The Morgan fingerprint density at radius 2 is 1.78 bits per heavy atom. The van der Waals surface area contributed by atoms with Crippen molar-refractivity contribution in [2.24, 2.45) is 0 Å². The topological polar surface area (TPSA) is 59.1 Å². The van der Waals surface area contributed by atoms with Crippen molar-refractivity contribution in [3.05, 3.63) is 53.9 Å². The Bertz CT molecular complexity index is 632. The Hall–Kier alpha value is -1.88. The van der Waals surface area contributed by atoms with Crippen molar-refractivity contribution in [1.82, 2.24) is 4.98 Å². The van der Waals surface area contributed by atoms with Gasteiger partial charge in [-0.3, -0.25) is 9.71 Å². The maximum absolute atomic E-state index is 12.1. The van der Waals surface area contributed by atoms with E-state index in [0.29, 0.717) is 5.69 Å². The van der Waals surface area contributed by atoms with E-state index in [0.717, 1.165) is 11.1 Å². The minimum atomic E-state index is -3.56. The van der Waals surface area contributed by atoms with Crippen molar-refractivity contribution >= 4 is 15.7 Å². The molecule has 5 heteroatoms. The quantitative estimate of drug-likeness (QED) is 0.924. The average molecular weight is 262 g/mol. The minimum Gasteiger partial charge on any atom is -0.280 e. The standard InChI is InChI=1S/C13H14N2O2S/c1-10-6-11(2)8-12(7-10)15-18(16,17)13-4-3-5-14-9-13/h3-9,15H,1-2H3. The molecule has 0 radical (unpaired) electrons. The van der Waals surface area contributed by atoms with Gasteiger partial charge in [0.25, 0.3) is 10.0 Å². The number of aromatic nitrogens is 1. The molecule has 0 aliphatic carbocycles. The highest BCUT2D eigenvalue weighted by molar-refractivity contribution is 7.92. The van der Waals surface area contributed by atoms with Crippen molar-refractivity contribution in [3.8, 4) is 0 Å². The molecule has 18 heavy (non-hydrogen) atoms. The smallest absolute Gasteiger partial charge is 0.263 e.